The number of nitrogens with one attached hydrogen (secondary N) is 1. The molecule has 1 aliphatic heterocycles. The molecule has 0 radical (unpaired) electrons. The summed E-state index contributed by atoms with van der Waals surface area (Å²) in [5, 5.41) is 3.03. The van der Waals surface area contributed by atoms with Gasteiger partial charge in [-0.05, 0) is 72.0 Å². The standard InChI is InChI=1S/C25H23F3N2O/c26-21-7-4-18(5-8-21)25(31)29-22-10-12-30(13-11-22)16-17-2-1-3-19(14-17)20-6-9-23(27)24(28)15-20/h1-9,14-15,22H,10-13,16H2,(H,29,31). The Hall–Kier alpha value is -3.12. The van der Waals surface area contributed by atoms with Gasteiger partial charge < -0.3 is 5.32 Å². The topological polar surface area (TPSA) is 32.3 Å². The molecule has 1 saturated heterocycles. The summed E-state index contributed by atoms with van der Waals surface area (Å²) in [5.74, 6) is -2.25. The van der Waals surface area contributed by atoms with Gasteiger partial charge in [0.25, 0.3) is 5.91 Å². The summed E-state index contributed by atoms with van der Waals surface area (Å²) in [6, 6.07) is 17.4. The molecule has 0 atom stereocenters. The number of benzene rings is 3. The van der Waals surface area contributed by atoms with Crippen LogP contribution in [0, 0.1) is 17.5 Å². The van der Waals surface area contributed by atoms with Crippen molar-refractivity contribution < 1.29 is 18.0 Å². The summed E-state index contributed by atoms with van der Waals surface area (Å²) in [7, 11) is 0. The molecule has 3 aromatic rings. The van der Waals surface area contributed by atoms with E-state index in [1.807, 2.05) is 24.3 Å². The molecule has 0 unspecified atom stereocenters. The van der Waals surface area contributed by atoms with Crippen LogP contribution in [0.4, 0.5) is 13.2 Å². The molecule has 1 fully saturated rings. The van der Waals surface area contributed by atoms with E-state index in [4.69, 9.17) is 0 Å². The number of carbonyl (C=O) groups excluding carboxylic acids is 1. The summed E-state index contributed by atoms with van der Waals surface area (Å²) in [5.41, 5.74) is 3.04. The van der Waals surface area contributed by atoms with Crippen molar-refractivity contribution in [3.05, 3.63) is 95.3 Å². The first kappa shape index (κ1) is 21.1. The van der Waals surface area contributed by atoms with Crippen molar-refractivity contribution in [3.8, 4) is 11.1 Å². The highest BCUT2D eigenvalue weighted by atomic mass is 19.2. The van der Waals surface area contributed by atoms with Crippen molar-refractivity contribution in [2.45, 2.75) is 25.4 Å². The van der Waals surface area contributed by atoms with Crippen LogP contribution >= 0.6 is 0 Å². The molecule has 1 amide bonds. The highest BCUT2D eigenvalue weighted by molar-refractivity contribution is 5.94. The monoisotopic (exact) mass is 424 g/mol. The summed E-state index contributed by atoms with van der Waals surface area (Å²) in [4.78, 5) is 14.6. The second-order valence-electron chi connectivity index (χ2n) is 7.86. The normalized spacial score (nSPS) is 15.1. The Balaban J connectivity index is 1.32. The highest BCUT2D eigenvalue weighted by Crippen LogP contribution is 2.24. The fourth-order valence-electron chi connectivity index (χ4n) is 3.89. The zero-order valence-electron chi connectivity index (χ0n) is 17.0. The van der Waals surface area contributed by atoms with Gasteiger partial charge in [0.15, 0.2) is 11.6 Å². The number of likely N-dealkylation sites (tertiary alicyclic amines) is 1. The van der Waals surface area contributed by atoms with Crippen LogP contribution in [0.25, 0.3) is 11.1 Å². The molecular weight excluding hydrogens is 401 g/mol. The maximum absolute atomic E-state index is 13.6. The molecule has 0 aromatic heterocycles. The first-order valence-electron chi connectivity index (χ1n) is 10.3. The van der Waals surface area contributed by atoms with Gasteiger partial charge in [-0.1, -0.05) is 24.3 Å². The van der Waals surface area contributed by atoms with Gasteiger partial charge in [0.1, 0.15) is 5.82 Å². The molecule has 1 N–H and O–H groups in total. The lowest BCUT2D eigenvalue weighted by atomic mass is 10.0. The molecule has 4 rings (SSSR count). The van der Waals surface area contributed by atoms with E-state index in [-0.39, 0.29) is 17.8 Å². The van der Waals surface area contributed by atoms with Crippen molar-refractivity contribution in [3.63, 3.8) is 0 Å². The molecule has 31 heavy (non-hydrogen) atoms. The predicted molar refractivity (Wildman–Crippen MR) is 114 cm³/mol. The van der Waals surface area contributed by atoms with Crippen LogP contribution in [-0.2, 0) is 6.54 Å². The quantitative estimate of drug-likeness (QED) is 0.613. The molecule has 0 spiro atoms. The Kier molecular flexibility index (Phi) is 6.37. The number of nitrogens with zero attached hydrogens (tertiary/aromatic N) is 1. The minimum Gasteiger partial charge on any atom is -0.349 e. The molecule has 1 heterocycles. The van der Waals surface area contributed by atoms with E-state index >= 15 is 0 Å². The average Bonchev–Trinajstić information content (AvgIpc) is 2.77. The first-order valence-corrected chi connectivity index (χ1v) is 10.3. The molecule has 160 valence electrons. The van der Waals surface area contributed by atoms with Crippen LogP contribution in [0.3, 0.4) is 0 Å². The number of piperidine rings is 1. The lowest BCUT2D eigenvalue weighted by molar-refractivity contribution is 0.0909. The van der Waals surface area contributed by atoms with Crippen LogP contribution < -0.4 is 5.32 Å². The molecule has 0 aliphatic carbocycles. The van der Waals surface area contributed by atoms with Gasteiger partial charge in [0, 0.05) is 31.2 Å². The fraction of sp³-hybridized carbons (Fsp3) is 0.240. The van der Waals surface area contributed by atoms with Gasteiger partial charge >= 0.3 is 0 Å². The van der Waals surface area contributed by atoms with Gasteiger partial charge in [0.05, 0.1) is 0 Å². The summed E-state index contributed by atoms with van der Waals surface area (Å²) >= 11 is 0. The van der Waals surface area contributed by atoms with Crippen molar-refractivity contribution >= 4 is 5.91 Å². The van der Waals surface area contributed by atoms with Crippen LogP contribution in [0.2, 0.25) is 0 Å². The second-order valence-corrected chi connectivity index (χ2v) is 7.86. The number of carbonyl (C=O) groups is 1. The van der Waals surface area contributed by atoms with Crippen molar-refractivity contribution in [1.82, 2.24) is 10.2 Å². The van der Waals surface area contributed by atoms with Crippen molar-refractivity contribution in [1.29, 1.82) is 0 Å². The second kappa shape index (κ2) is 9.35. The van der Waals surface area contributed by atoms with E-state index in [9.17, 15) is 18.0 Å². The van der Waals surface area contributed by atoms with E-state index in [1.54, 1.807) is 6.07 Å². The Bertz CT molecular complexity index is 1060. The zero-order valence-corrected chi connectivity index (χ0v) is 17.0. The van der Waals surface area contributed by atoms with Crippen LogP contribution in [0.15, 0.2) is 66.7 Å². The van der Waals surface area contributed by atoms with E-state index in [1.165, 1.54) is 30.3 Å². The largest absolute Gasteiger partial charge is 0.349 e. The molecule has 0 saturated carbocycles. The summed E-state index contributed by atoms with van der Waals surface area (Å²) < 4.78 is 39.8. The lowest BCUT2D eigenvalue weighted by Crippen LogP contribution is -2.44. The van der Waals surface area contributed by atoms with E-state index in [0.29, 0.717) is 11.1 Å². The Morgan fingerprint density at radius 2 is 1.58 bits per heavy atom. The summed E-state index contributed by atoms with van der Waals surface area (Å²) in [6.45, 7) is 2.42. The van der Waals surface area contributed by atoms with Gasteiger partial charge in [0.2, 0.25) is 0 Å². The maximum Gasteiger partial charge on any atom is 0.251 e. The minimum atomic E-state index is -0.854. The molecule has 3 nitrogen and oxygen atoms in total. The first-order chi connectivity index (χ1) is 15.0. The smallest absolute Gasteiger partial charge is 0.251 e. The fourth-order valence-corrected chi connectivity index (χ4v) is 3.89. The lowest BCUT2D eigenvalue weighted by Gasteiger charge is -2.32. The van der Waals surface area contributed by atoms with Crippen LogP contribution in [0.5, 0.6) is 0 Å². The SMILES string of the molecule is O=C(NC1CCN(Cc2cccc(-c3ccc(F)c(F)c3)c2)CC1)c1ccc(F)cc1. The Morgan fingerprint density at radius 3 is 2.29 bits per heavy atom. The highest BCUT2D eigenvalue weighted by Gasteiger charge is 2.21. The van der Waals surface area contributed by atoms with Gasteiger partial charge in [-0.3, -0.25) is 9.69 Å². The van der Waals surface area contributed by atoms with E-state index in [2.05, 4.69) is 10.2 Å². The predicted octanol–water partition coefficient (Wildman–Crippen LogP) is 5.17. The number of hydrogen-bond donors (Lipinski definition) is 1. The van der Waals surface area contributed by atoms with Gasteiger partial charge in [-0.25, -0.2) is 13.2 Å². The molecular formula is C25H23F3N2O. The molecule has 3 aromatic carbocycles. The summed E-state index contributed by atoms with van der Waals surface area (Å²) in [6.07, 6.45) is 1.66. The van der Waals surface area contributed by atoms with Crippen molar-refractivity contribution in [2.24, 2.45) is 0 Å². The average molecular weight is 424 g/mol. The van der Waals surface area contributed by atoms with Crippen LogP contribution in [-0.4, -0.2) is 29.9 Å². The zero-order chi connectivity index (χ0) is 21.8. The Morgan fingerprint density at radius 1 is 0.871 bits per heavy atom. The Labute approximate surface area is 179 Å². The maximum atomic E-state index is 13.6. The number of halogens is 3. The van der Waals surface area contributed by atoms with Gasteiger partial charge in [-0.15, -0.1) is 0 Å². The number of rotatable bonds is 5. The molecule has 1 aliphatic rings. The van der Waals surface area contributed by atoms with Crippen molar-refractivity contribution in [2.75, 3.05) is 13.1 Å². The van der Waals surface area contributed by atoms with E-state index in [0.717, 1.165) is 49.7 Å². The van der Waals surface area contributed by atoms with E-state index < -0.39 is 11.6 Å². The third-order valence-electron chi connectivity index (χ3n) is 5.62. The molecule has 0 bridgehead atoms. The number of amides is 1. The minimum absolute atomic E-state index is 0.0855. The third kappa shape index (κ3) is 5.33. The number of hydrogen-bond acceptors (Lipinski definition) is 2. The third-order valence-corrected chi connectivity index (χ3v) is 5.62. The van der Waals surface area contributed by atoms with Crippen LogP contribution in [0.1, 0.15) is 28.8 Å². The molecule has 6 heteroatoms. The van der Waals surface area contributed by atoms with Gasteiger partial charge in [-0.2, -0.15) is 0 Å².